The number of nitrogens with one attached hydrogen (secondary N) is 1. The highest BCUT2D eigenvalue weighted by atomic mass is 32.1. The predicted octanol–water partition coefficient (Wildman–Crippen LogP) is 5.36. The summed E-state index contributed by atoms with van der Waals surface area (Å²) < 4.78 is 7.82. The number of fused-ring (bicyclic) bond motifs is 6. The average Bonchev–Trinajstić information content (AvgIpc) is 3.62. The predicted molar refractivity (Wildman–Crippen MR) is 166 cm³/mol. The number of hydrogen-bond acceptors (Lipinski definition) is 9. The van der Waals surface area contributed by atoms with Crippen LogP contribution in [0.25, 0.3) is 15.9 Å². The molecule has 218 valence electrons. The Hall–Kier alpha value is -4.35. The van der Waals surface area contributed by atoms with Crippen LogP contribution in [0.3, 0.4) is 0 Å². The molecule has 1 N–H and O–H groups in total. The molecule has 43 heavy (non-hydrogen) atoms. The Morgan fingerprint density at radius 2 is 2.00 bits per heavy atom. The van der Waals surface area contributed by atoms with E-state index in [0.29, 0.717) is 18.8 Å². The van der Waals surface area contributed by atoms with Crippen molar-refractivity contribution >= 4 is 44.6 Å². The maximum atomic E-state index is 13.0. The van der Waals surface area contributed by atoms with Crippen LogP contribution in [0.15, 0.2) is 61.3 Å². The van der Waals surface area contributed by atoms with Crippen molar-refractivity contribution in [2.45, 2.75) is 32.7 Å². The summed E-state index contributed by atoms with van der Waals surface area (Å²) >= 11 is 1.66. The third kappa shape index (κ3) is 5.12. The van der Waals surface area contributed by atoms with Gasteiger partial charge in [0.15, 0.2) is 5.65 Å². The van der Waals surface area contributed by atoms with Gasteiger partial charge < -0.3 is 15.0 Å². The minimum atomic E-state index is 0.0914. The summed E-state index contributed by atoms with van der Waals surface area (Å²) in [5.41, 5.74) is 3.91. The zero-order chi connectivity index (χ0) is 28.9. The van der Waals surface area contributed by atoms with E-state index in [2.05, 4.69) is 42.4 Å². The van der Waals surface area contributed by atoms with E-state index in [-0.39, 0.29) is 5.91 Å². The zero-order valence-corrected chi connectivity index (χ0v) is 24.8. The van der Waals surface area contributed by atoms with E-state index in [1.165, 1.54) is 42.7 Å². The molecule has 0 atom stereocenters. The molecule has 1 saturated carbocycles. The van der Waals surface area contributed by atoms with Crippen molar-refractivity contribution in [2.75, 3.05) is 31.5 Å². The van der Waals surface area contributed by atoms with Crippen LogP contribution in [0.5, 0.6) is 11.5 Å². The summed E-state index contributed by atoms with van der Waals surface area (Å²) in [6.45, 7) is 6.55. The number of benzene rings is 1. The fourth-order valence-electron chi connectivity index (χ4n) is 6.71. The Balaban J connectivity index is 0.955. The van der Waals surface area contributed by atoms with Gasteiger partial charge in [0, 0.05) is 42.8 Å². The normalized spacial score (nSPS) is 20.0. The summed E-state index contributed by atoms with van der Waals surface area (Å²) in [6.07, 6.45) is 12.3. The van der Waals surface area contributed by atoms with Crippen LogP contribution in [-0.2, 0) is 17.8 Å². The van der Waals surface area contributed by atoms with E-state index >= 15 is 0 Å². The number of carbonyl (C=O) groups is 1. The highest BCUT2D eigenvalue weighted by Crippen LogP contribution is 2.40. The minimum Gasteiger partial charge on any atom is -0.455 e. The van der Waals surface area contributed by atoms with Crippen LogP contribution in [0, 0.1) is 18.8 Å². The second kappa shape index (κ2) is 10.7. The Morgan fingerprint density at radius 3 is 2.86 bits per heavy atom. The Kier molecular flexibility index (Phi) is 6.56. The van der Waals surface area contributed by atoms with Crippen molar-refractivity contribution < 1.29 is 9.53 Å². The molecular weight excluding hydrogens is 560 g/mol. The largest absolute Gasteiger partial charge is 0.455 e. The van der Waals surface area contributed by atoms with Gasteiger partial charge in [0.2, 0.25) is 5.91 Å². The van der Waals surface area contributed by atoms with Crippen LogP contribution < -0.4 is 10.1 Å². The third-order valence-electron chi connectivity index (χ3n) is 8.85. The van der Waals surface area contributed by atoms with Crippen molar-refractivity contribution in [2.24, 2.45) is 11.8 Å². The van der Waals surface area contributed by atoms with Gasteiger partial charge in [-0.2, -0.15) is 5.10 Å². The molecule has 11 heteroatoms. The Labute approximate surface area is 253 Å². The SMILES string of the molecule is Cc1cc(Nc2ncnc3sc4c(c23)CCN(C(=O)/C=C/CN2CC3CC(C3)C2)C4)ccc1Oc1ccc2ncnn2c1. The van der Waals surface area contributed by atoms with Gasteiger partial charge in [-0.1, -0.05) is 6.08 Å². The fourth-order valence-corrected chi connectivity index (χ4v) is 7.91. The van der Waals surface area contributed by atoms with E-state index in [4.69, 9.17) is 4.74 Å². The molecule has 1 aliphatic carbocycles. The Bertz CT molecular complexity index is 1860. The fraction of sp³-hybridized carbons (Fsp3) is 0.344. The van der Waals surface area contributed by atoms with Gasteiger partial charge in [0.1, 0.15) is 34.8 Å². The molecular formula is C32H32N8O2S. The number of rotatable bonds is 7. The Morgan fingerprint density at radius 1 is 1.12 bits per heavy atom. The number of amides is 1. The van der Waals surface area contributed by atoms with E-state index in [0.717, 1.165) is 63.5 Å². The second-order valence-corrected chi connectivity index (χ2v) is 13.0. The number of piperidine rings is 2. The standard InChI is InChI=1S/C32H32N8O2S/c1-20-11-23(4-6-26(20)42-24-5-7-28-33-19-36-40(28)16-24)37-31-30-25-8-10-39(17-27(25)43-32(30)35-18-34-31)29(41)3-2-9-38-14-21-12-22(13-21)15-38/h2-7,11,16,18-19,21-22H,8-10,12-15,17H2,1H3,(H,34,35,37)/b3-2+. The first-order chi connectivity index (χ1) is 21.1. The molecule has 0 radical (unpaired) electrons. The molecule has 10 nitrogen and oxygen atoms in total. The van der Waals surface area contributed by atoms with E-state index in [1.807, 2.05) is 42.3 Å². The van der Waals surface area contributed by atoms with Gasteiger partial charge in [-0.3, -0.25) is 9.69 Å². The van der Waals surface area contributed by atoms with Crippen molar-refractivity contribution in [3.8, 4) is 11.5 Å². The molecule has 3 fully saturated rings. The number of thiophene rings is 1. The van der Waals surface area contributed by atoms with E-state index in [1.54, 1.807) is 28.3 Å². The van der Waals surface area contributed by atoms with Gasteiger partial charge in [-0.25, -0.2) is 19.5 Å². The van der Waals surface area contributed by atoms with Crippen LogP contribution in [-0.4, -0.2) is 66.5 Å². The topological polar surface area (TPSA) is 101 Å². The van der Waals surface area contributed by atoms with Gasteiger partial charge in [0.05, 0.1) is 18.1 Å². The highest BCUT2D eigenvalue weighted by molar-refractivity contribution is 7.19. The monoisotopic (exact) mass is 592 g/mol. The molecule has 0 unspecified atom stereocenters. The molecule has 3 aliphatic heterocycles. The first-order valence-electron chi connectivity index (χ1n) is 14.8. The maximum absolute atomic E-state index is 13.0. The highest BCUT2D eigenvalue weighted by Gasteiger charge is 2.36. The third-order valence-corrected chi connectivity index (χ3v) is 9.98. The molecule has 7 heterocycles. The van der Waals surface area contributed by atoms with Crippen molar-refractivity contribution in [3.63, 3.8) is 0 Å². The summed E-state index contributed by atoms with van der Waals surface area (Å²) in [4.78, 5) is 33.0. The number of ether oxygens (including phenoxy) is 1. The second-order valence-electron chi connectivity index (χ2n) is 11.9. The van der Waals surface area contributed by atoms with Crippen molar-refractivity contribution in [1.82, 2.24) is 34.4 Å². The summed E-state index contributed by atoms with van der Waals surface area (Å²) in [6, 6.07) is 9.75. The van der Waals surface area contributed by atoms with Gasteiger partial charge >= 0.3 is 0 Å². The van der Waals surface area contributed by atoms with Crippen LogP contribution >= 0.6 is 11.3 Å². The molecule has 4 aliphatic rings. The summed E-state index contributed by atoms with van der Waals surface area (Å²) in [7, 11) is 0. The van der Waals surface area contributed by atoms with Gasteiger partial charge in [-0.05, 0) is 79.5 Å². The lowest BCUT2D eigenvalue weighted by Gasteiger charge is -2.47. The van der Waals surface area contributed by atoms with Gasteiger partial charge in [-0.15, -0.1) is 11.3 Å². The van der Waals surface area contributed by atoms with Crippen LogP contribution in [0.1, 0.15) is 28.8 Å². The molecule has 0 spiro atoms. The quantitative estimate of drug-likeness (QED) is 0.252. The van der Waals surface area contributed by atoms with E-state index in [9.17, 15) is 4.79 Å². The molecule has 9 rings (SSSR count). The maximum Gasteiger partial charge on any atom is 0.246 e. The van der Waals surface area contributed by atoms with Gasteiger partial charge in [0.25, 0.3) is 0 Å². The molecule has 1 aromatic carbocycles. The van der Waals surface area contributed by atoms with Crippen molar-refractivity contribution in [3.05, 3.63) is 77.3 Å². The number of aromatic nitrogens is 5. The number of carbonyl (C=O) groups excluding carboxylic acids is 1. The summed E-state index contributed by atoms with van der Waals surface area (Å²) in [5.74, 6) is 4.08. The number of aryl methyl sites for hydroxylation is 1. The minimum absolute atomic E-state index is 0.0914. The average molecular weight is 593 g/mol. The van der Waals surface area contributed by atoms with Crippen molar-refractivity contribution in [1.29, 1.82) is 0 Å². The molecule has 1 amide bonds. The lowest BCUT2D eigenvalue weighted by molar-refractivity contribution is -0.126. The first-order valence-corrected chi connectivity index (χ1v) is 15.7. The number of hydrogen-bond donors (Lipinski definition) is 1. The number of nitrogens with zero attached hydrogens (tertiary/aromatic N) is 7. The number of anilines is 2. The lowest BCUT2D eigenvalue weighted by atomic mass is 9.71. The number of pyridine rings is 1. The molecule has 2 saturated heterocycles. The lowest BCUT2D eigenvalue weighted by Crippen LogP contribution is -2.48. The van der Waals surface area contributed by atoms with Crippen LogP contribution in [0.2, 0.25) is 0 Å². The van der Waals surface area contributed by atoms with E-state index < -0.39 is 0 Å². The zero-order valence-electron chi connectivity index (χ0n) is 23.9. The summed E-state index contributed by atoms with van der Waals surface area (Å²) in [5, 5.41) is 8.74. The smallest absolute Gasteiger partial charge is 0.246 e. The molecule has 4 aromatic heterocycles. The first kappa shape index (κ1) is 26.3. The molecule has 2 bridgehead atoms. The molecule has 5 aromatic rings. The van der Waals surface area contributed by atoms with Crippen LogP contribution in [0.4, 0.5) is 11.5 Å².